The van der Waals surface area contributed by atoms with Gasteiger partial charge in [-0.1, -0.05) is 0 Å². The summed E-state index contributed by atoms with van der Waals surface area (Å²) < 4.78 is 5.24. The molecule has 1 aromatic rings. The Morgan fingerprint density at radius 3 is 2.68 bits per heavy atom. The van der Waals surface area contributed by atoms with E-state index in [1.807, 2.05) is 0 Å². The Kier molecular flexibility index (Phi) is 2.78. The smallest absolute Gasteiger partial charge is 0.404 e. The summed E-state index contributed by atoms with van der Waals surface area (Å²) in [4.78, 5) is 23.9. The SMILES string of the molecule is NC1CCC(=O)N(C2CC2)C1c1ccc([N+](=O)[O-])o1. The highest BCUT2D eigenvalue weighted by Gasteiger charge is 2.44. The molecule has 0 bridgehead atoms. The van der Waals surface area contributed by atoms with E-state index in [4.69, 9.17) is 10.2 Å². The number of hydrogen-bond acceptors (Lipinski definition) is 5. The van der Waals surface area contributed by atoms with Gasteiger partial charge in [0.1, 0.15) is 16.7 Å². The third kappa shape index (κ3) is 2.10. The number of nitro groups is 1. The highest BCUT2D eigenvalue weighted by molar-refractivity contribution is 5.78. The summed E-state index contributed by atoms with van der Waals surface area (Å²) in [7, 11) is 0. The van der Waals surface area contributed by atoms with E-state index in [0.717, 1.165) is 12.8 Å². The highest BCUT2D eigenvalue weighted by Crippen LogP contribution is 2.40. The Bertz CT molecular complexity index is 523. The molecule has 2 aliphatic rings. The average Bonchev–Trinajstić information content (AvgIpc) is 3.08. The van der Waals surface area contributed by atoms with Crippen molar-refractivity contribution in [1.82, 2.24) is 4.90 Å². The molecule has 0 aromatic carbocycles. The Balaban J connectivity index is 1.93. The van der Waals surface area contributed by atoms with Crippen LogP contribution in [-0.4, -0.2) is 27.8 Å². The van der Waals surface area contributed by atoms with Crippen LogP contribution in [0, 0.1) is 10.1 Å². The summed E-state index contributed by atoms with van der Waals surface area (Å²) in [5.41, 5.74) is 6.09. The van der Waals surface area contributed by atoms with Gasteiger partial charge in [-0.15, -0.1) is 0 Å². The summed E-state index contributed by atoms with van der Waals surface area (Å²) in [5.74, 6) is 0.170. The largest absolute Gasteiger partial charge is 0.433 e. The molecule has 2 atom stereocenters. The van der Waals surface area contributed by atoms with Crippen LogP contribution in [-0.2, 0) is 4.79 Å². The number of amides is 1. The lowest BCUT2D eigenvalue weighted by Gasteiger charge is -2.38. The molecule has 2 unspecified atom stereocenters. The van der Waals surface area contributed by atoms with Gasteiger partial charge in [0.25, 0.3) is 0 Å². The van der Waals surface area contributed by atoms with Gasteiger partial charge in [-0.05, 0) is 25.3 Å². The monoisotopic (exact) mass is 265 g/mol. The Morgan fingerprint density at radius 1 is 1.37 bits per heavy atom. The lowest BCUT2D eigenvalue weighted by atomic mass is 9.94. The van der Waals surface area contributed by atoms with Crippen LogP contribution in [0.2, 0.25) is 0 Å². The molecular formula is C12H15N3O4. The van der Waals surface area contributed by atoms with Crippen molar-refractivity contribution in [2.45, 2.75) is 43.8 Å². The van der Waals surface area contributed by atoms with Gasteiger partial charge in [-0.25, -0.2) is 0 Å². The summed E-state index contributed by atoms with van der Waals surface area (Å²) in [6.45, 7) is 0. The first-order chi connectivity index (χ1) is 9.08. The zero-order valence-corrected chi connectivity index (χ0v) is 10.3. The molecule has 7 nitrogen and oxygen atoms in total. The fraction of sp³-hybridized carbons (Fsp3) is 0.583. The van der Waals surface area contributed by atoms with Crippen molar-refractivity contribution < 1.29 is 14.1 Å². The summed E-state index contributed by atoms with van der Waals surface area (Å²) in [6.07, 6.45) is 2.97. The third-order valence-corrected chi connectivity index (χ3v) is 3.71. The van der Waals surface area contributed by atoms with Crippen molar-refractivity contribution in [2.24, 2.45) is 5.73 Å². The van der Waals surface area contributed by atoms with Crippen molar-refractivity contribution in [1.29, 1.82) is 0 Å². The lowest BCUT2D eigenvalue weighted by Crippen LogP contribution is -2.49. The van der Waals surface area contributed by atoms with Gasteiger partial charge in [0.15, 0.2) is 0 Å². The van der Waals surface area contributed by atoms with E-state index >= 15 is 0 Å². The molecule has 7 heteroatoms. The first-order valence-corrected chi connectivity index (χ1v) is 6.39. The quantitative estimate of drug-likeness (QED) is 0.656. The van der Waals surface area contributed by atoms with E-state index in [0.29, 0.717) is 18.6 Å². The van der Waals surface area contributed by atoms with Gasteiger partial charge in [-0.3, -0.25) is 14.9 Å². The predicted molar refractivity (Wildman–Crippen MR) is 65.2 cm³/mol. The maximum absolute atomic E-state index is 12.0. The fourth-order valence-electron chi connectivity index (χ4n) is 2.67. The number of hydrogen-bond donors (Lipinski definition) is 1. The number of nitrogens with zero attached hydrogens (tertiary/aromatic N) is 2. The van der Waals surface area contributed by atoms with Crippen LogP contribution >= 0.6 is 0 Å². The van der Waals surface area contributed by atoms with Gasteiger partial charge in [-0.2, -0.15) is 0 Å². The molecule has 1 saturated carbocycles. The van der Waals surface area contributed by atoms with Gasteiger partial charge in [0.2, 0.25) is 5.91 Å². The molecule has 0 radical (unpaired) electrons. The molecule has 1 aliphatic heterocycles. The highest BCUT2D eigenvalue weighted by atomic mass is 16.6. The minimum Gasteiger partial charge on any atom is -0.404 e. The molecule has 19 heavy (non-hydrogen) atoms. The molecule has 3 rings (SSSR count). The van der Waals surface area contributed by atoms with E-state index in [-0.39, 0.29) is 29.9 Å². The molecule has 1 aromatic heterocycles. The van der Waals surface area contributed by atoms with E-state index in [1.54, 1.807) is 11.0 Å². The fourth-order valence-corrected chi connectivity index (χ4v) is 2.67. The third-order valence-electron chi connectivity index (χ3n) is 3.71. The minimum absolute atomic E-state index is 0.0632. The molecule has 2 N–H and O–H groups in total. The second kappa shape index (κ2) is 4.34. The number of furan rings is 1. The van der Waals surface area contributed by atoms with Crippen molar-refractivity contribution in [2.75, 3.05) is 0 Å². The second-order valence-corrected chi connectivity index (χ2v) is 5.11. The maximum Gasteiger partial charge on any atom is 0.433 e. The Hall–Kier alpha value is -1.89. The van der Waals surface area contributed by atoms with E-state index in [2.05, 4.69) is 0 Å². The predicted octanol–water partition coefficient (Wildman–Crippen LogP) is 1.34. The van der Waals surface area contributed by atoms with Crippen molar-refractivity contribution in [3.8, 4) is 0 Å². The normalized spacial score (nSPS) is 27.6. The van der Waals surface area contributed by atoms with Crippen molar-refractivity contribution in [3.63, 3.8) is 0 Å². The van der Waals surface area contributed by atoms with Crippen LogP contribution in [0.4, 0.5) is 5.88 Å². The van der Waals surface area contributed by atoms with Gasteiger partial charge in [0, 0.05) is 18.5 Å². The second-order valence-electron chi connectivity index (χ2n) is 5.11. The van der Waals surface area contributed by atoms with Crippen LogP contribution in [0.15, 0.2) is 16.5 Å². The molecule has 102 valence electrons. The van der Waals surface area contributed by atoms with Crippen molar-refractivity contribution in [3.05, 3.63) is 28.0 Å². The summed E-state index contributed by atoms with van der Waals surface area (Å²) in [6, 6.07) is 2.47. The zero-order valence-electron chi connectivity index (χ0n) is 10.3. The molecule has 2 fully saturated rings. The molecule has 0 spiro atoms. The number of rotatable bonds is 3. The zero-order chi connectivity index (χ0) is 13.6. The molecular weight excluding hydrogens is 250 g/mol. The Morgan fingerprint density at radius 2 is 2.11 bits per heavy atom. The van der Waals surface area contributed by atoms with E-state index < -0.39 is 4.92 Å². The van der Waals surface area contributed by atoms with E-state index in [1.165, 1.54) is 6.07 Å². The standard InChI is InChI=1S/C12H15N3O4/c13-8-3-5-10(16)14(7-1-2-7)12(8)9-4-6-11(19-9)15(17)18/h4,6-8,12H,1-3,5,13H2. The summed E-state index contributed by atoms with van der Waals surface area (Å²) in [5, 5.41) is 10.7. The first-order valence-electron chi connectivity index (χ1n) is 6.39. The maximum atomic E-state index is 12.0. The van der Waals surface area contributed by atoms with Crippen LogP contribution in [0.5, 0.6) is 0 Å². The number of likely N-dealkylation sites (tertiary alicyclic amines) is 1. The average molecular weight is 265 g/mol. The molecule has 1 amide bonds. The molecule has 2 heterocycles. The first kappa shape index (κ1) is 12.2. The van der Waals surface area contributed by atoms with Crippen LogP contribution in [0.1, 0.15) is 37.5 Å². The topological polar surface area (TPSA) is 103 Å². The van der Waals surface area contributed by atoms with E-state index in [9.17, 15) is 14.9 Å². The lowest BCUT2D eigenvalue weighted by molar-refractivity contribution is -0.402. The number of nitrogens with two attached hydrogens (primary N) is 1. The van der Waals surface area contributed by atoms with Crippen molar-refractivity contribution >= 4 is 11.8 Å². The van der Waals surface area contributed by atoms with Gasteiger partial charge >= 0.3 is 5.88 Å². The number of piperidine rings is 1. The van der Waals surface area contributed by atoms with Crippen LogP contribution in [0.3, 0.4) is 0 Å². The van der Waals surface area contributed by atoms with Gasteiger partial charge < -0.3 is 15.1 Å². The summed E-state index contributed by atoms with van der Waals surface area (Å²) >= 11 is 0. The number of carbonyl (C=O) groups excluding carboxylic acids is 1. The van der Waals surface area contributed by atoms with Crippen LogP contribution < -0.4 is 5.73 Å². The molecule has 1 saturated heterocycles. The van der Waals surface area contributed by atoms with Gasteiger partial charge in [0.05, 0.1) is 6.07 Å². The molecule has 1 aliphatic carbocycles. The number of carbonyl (C=O) groups is 1. The van der Waals surface area contributed by atoms with Crippen LogP contribution in [0.25, 0.3) is 0 Å². The minimum atomic E-state index is -0.582. The Labute approximate surface area is 109 Å².